The molecule has 6 nitrogen and oxygen atoms in total. The fraction of sp³-hybridized carbons (Fsp3) is 0.776. The molecular formula is C67H118O6. The van der Waals surface area contributed by atoms with Crippen LogP contribution in [0.3, 0.4) is 0 Å². The van der Waals surface area contributed by atoms with Gasteiger partial charge in [0.25, 0.3) is 0 Å². The molecular weight excluding hydrogens is 901 g/mol. The van der Waals surface area contributed by atoms with Crippen molar-refractivity contribution < 1.29 is 28.6 Å². The van der Waals surface area contributed by atoms with Crippen LogP contribution in [0.4, 0.5) is 0 Å². The zero-order valence-electron chi connectivity index (χ0n) is 48.4. The third kappa shape index (κ3) is 59.6. The van der Waals surface area contributed by atoms with Crippen LogP contribution in [0.1, 0.15) is 316 Å². The fourth-order valence-electron chi connectivity index (χ4n) is 9.04. The van der Waals surface area contributed by atoms with Gasteiger partial charge in [-0.25, -0.2) is 0 Å². The van der Waals surface area contributed by atoms with E-state index in [0.717, 1.165) is 109 Å². The number of hydrogen-bond acceptors (Lipinski definition) is 6. The van der Waals surface area contributed by atoms with E-state index < -0.39 is 6.10 Å². The highest BCUT2D eigenvalue weighted by Gasteiger charge is 2.19. The van der Waals surface area contributed by atoms with Gasteiger partial charge in [0.05, 0.1) is 0 Å². The Hall–Kier alpha value is -3.15. The fourth-order valence-corrected chi connectivity index (χ4v) is 9.04. The summed E-state index contributed by atoms with van der Waals surface area (Å²) >= 11 is 0. The Morgan fingerprint density at radius 3 is 0.836 bits per heavy atom. The van der Waals surface area contributed by atoms with Crippen molar-refractivity contribution in [3.63, 3.8) is 0 Å². The Morgan fingerprint density at radius 2 is 0.534 bits per heavy atom. The maximum atomic E-state index is 12.8. The van der Waals surface area contributed by atoms with Gasteiger partial charge in [-0.15, -0.1) is 0 Å². The standard InChI is InChI=1S/C67H118O6/c1-4-7-10-13-15-17-19-21-23-25-27-29-31-32-33-34-36-37-39-41-43-45-47-49-51-54-57-60-66(69)72-63-64(62-71-65(68)59-56-53-12-9-6-3)73-67(70)61-58-55-52-50-48-46-44-42-40-38-35-30-28-26-24-22-20-18-16-14-11-8-5-2/h7,10,15,17,21,23,27,29,32-33,36-37,64H,4-6,8-9,11-14,16,18-20,22,24-26,28,30-31,34-35,38-63H2,1-3H3/b10-7-,17-15-,23-21-,29-27-,33-32-,37-36-. The molecule has 0 aliphatic heterocycles. The molecule has 0 aliphatic rings. The minimum Gasteiger partial charge on any atom is -0.462 e. The van der Waals surface area contributed by atoms with E-state index in [1.807, 2.05) is 0 Å². The van der Waals surface area contributed by atoms with E-state index in [4.69, 9.17) is 14.2 Å². The van der Waals surface area contributed by atoms with Crippen LogP contribution in [0.25, 0.3) is 0 Å². The van der Waals surface area contributed by atoms with E-state index in [2.05, 4.69) is 93.7 Å². The third-order valence-corrected chi connectivity index (χ3v) is 13.7. The number of allylic oxidation sites excluding steroid dienone is 12. The van der Waals surface area contributed by atoms with Crippen LogP contribution in [0.15, 0.2) is 72.9 Å². The minimum atomic E-state index is -0.774. The second kappa shape index (κ2) is 61.4. The molecule has 0 aromatic heterocycles. The maximum absolute atomic E-state index is 12.8. The van der Waals surface area contributed by atoms with Crippen LogP contribution in [-0.4, -0.2) is 37.2 Å². The topological polar surface area (TPSA) is 78.9 Å². The molecule has 0 spiro atoms. The van der Waals surface area contributed by atoms with E-state index in [1.165, 1.54) is 167 Å². The van der Waals surface area contributed by atoms with Crippen LogP contribution in [0, 0.1) is 0 Å². The second-order valence-corrected chi connectivity index (χ2v) is 21.0. The lowest BCUT2D eigenvalue weighted by atomic mass is 10.0. The zero-order valence-corrected chi connectivity index (χ0v) is 48.4. The third-order valence-electron chi connectivity index (χ3n) is 13.7. The Balaban J connectivity index is 4.06. The van der Waals surface area contributed by atoms with Crippen molar-refractivity contribution in [2.45, 2.75) is 322 Å². The Labute approximate surface area is 453 Å². The molecule has 1 atom stereocenters. The molecule has 1 unspecified atom stereocenters. The van der Waals surface area contributed by atoms with Crippen LogP contribution < -0.4 is 0 Å². The largest absolute Gasteiger partial charge is 0.462 e. The Morgan fingerprint density at radius 1 is 0.288 bits per heavy atom. The van der Waals surface area contributed by atoms with Gasteiger partial charge in [-0.3, -0.25) is 14.4 Å². The van der Waals surface area contributed by atoms with Crippen molar-refractivity contribution in [1.82, 2.24) is 0 Å². The second-order valence-electron chi connectivity index (χ2n) is 21.0. The number of hydrogen-bond donors (Lipinski definition) is 0. The smallest absolute Gasteiger partial charge is 0.306 e. The Bertz CT molecular complexity index is 1360. The van der Waals surface area contributed by atoms with Gasteiger partial charge in [-0.1, -0.05) is 299 Å². The average molecular weight is 1020 g/mol. The summed E-state index contributed by atoms with van der Waals surface area (Å²) in [5, 5.41) is 0. The van der Waals surface area contributed by atoms with Crippen molar-refractivity contribution in [3.8, 4) is 0 Å². The van der Waals surface area contributed by atoms with Crippen LogP contribution in [0.5, 0.6) is 0 Å². The van der Waals surface area contributed by atoms with Crippen LogP contribution >= 0.6 is 0 Å². The van der Waals surface area contributed by atoms with Crippen molar-refractivity contribution in [2.75, 3.05) is 13.2 Å². The number of carbonyl (C=O) groups is 3. The van der Waals surface area contributed by atoms with Gasteiger partial charge in [0.15, 0.2) is 6.10 Å². The molecule has 0 bridgehead atoms. The monoisotopic (exact) mass is 1020 g/mol. The first-order valence-corrected chi connectivity index (χ1v) is 31.4. The highest BCUT2D eigenvalue weighted by molar-refractivity contribution is 5.71. The molecule has 0 rings (SSSR count). The van der Waals surface area contributed by atoms with Crippen molar-refractivity contribution in [3.05, 3.63) is 72.9 Å². The summed E-state index contributed by atoms with van der Waals surface area (Å²) in [5.74, 6) is -0.884. The number of carbonyl (C=O) groups excluding carboxylic acids is 3. The molecule has 0 amide bonds. The molecule has 0 aromatic rings. The Kier molecular flexibility index (Phi) is 58.7. The molecule has 422 valence electrons. The van der Waals surface area contributed by atoms with Gasteiger partial charge >= 0.3 is 17.9 Å². The minimum absolute atomic E-state index is 0.0758. The number of esters is 3. The van der Waals surface area contributed by atoms with Crippen molar-refractivity contribution in [1.29, 1.82) is 0 Å². The number of rotatable bonds is 57. The lowest BCUT2D eigenvalue weighted by molar-refractivity contribution is -0.167. The van der Waals surface area contributed by atoms with Gasteiger partial charge in [0.2, 0.25) is 0 Å². The highest BCUT2D eigenvalue weighted by Crippen LogP contribution is 2.17. The molecule has 0 aromatic carbocycles. The average Bonchev–Trinajstić information content (AvgIpc) is 3.39. The van der Waals surface area contributed by atoms with E-state index in [9.17, 15) is 14.4 Å². The molecule has 0 saturated carbocycles. The summed E-state index contributed by atoms with van der Waals surface area (Å²) < 4.78 is 16.8. The highest BCUT2D eigenvalue weighted by atomic mass is 16.6. The summed E-state index contributed by atoms with van der Waals surface area (Å²) in [6.45, 7) is 6.47. The predicted molar refractivity (Wildman–Crippen MR) is 316 cm³/mol. The molecule has 0 aliphatic carbocycles. The summed E-state index contributed by atoms with van der Waals surface area (Å²) in [6.07, 6.45) is 79.6. The summed E-state index contributed by atoms with van der Waals surface area (Å²) in [4.78, 5) is 37.9. The summed E-state index contributed by atoms with van der Waals surface area (Å²) in [5.41, 5.74) is 0. The normalized spacial score (nSPS) is 12.5. The summed E-state index contributed by atoms with van der Waals surface area (Å²) in [7, 11) is 0. The molecule has 73 heavy (non-hydrogen) atoms. The van der Waals surface area contributed by atoms with E-state index >= 15 is 0 Å². The molecule has 0 saturated heterocycles. The van der Waals surface area contributed by atoms with Crippen molar-refractivity contribution >= 4 is 17.9 Å². The lowest BCUT2D eigenvalue weighted by Crippen LogP contribution is -2.30. The number of ether oxygens (including phenoxy) is 3. The molecule has 0 heterocycles. The number of unbranched alkanes of at least 4 members (excludes halogenated alkanes) is 34. The molecule has 0 radical (unpaired) electrons. The van der Waals surface area contributed by atoms with E-state index in [1.54, 1.807) is 0 Å². The van der Waals surface area contributed by atoms with Crippen molar-refractivity contribution in [2.24, 2.45) is 0 Å². The van der Waals surface area contributed by atoms with Gasteiger partial charge < -0.3 is 14.2 Å². The lowest BCUT2D eigenvalue weighted by Gasteiger charge is -2.18. The van der Waals surface area contributed by atoms with Gasteiger partial charge in [-0.2, -0.15) is 0 Å². The molecule has 6 heteroatoms. The van der Waals surface area contributed by atoms with Gasteiger partial charge in [-0.05, 0) is 70.6 Å². The van der Waals surface area contributed by atoms with Crippen LogP contribution in [-0.2, 0) is 28.6 Å². The zero-order chi connectivity index (χ0) is 52.9. The SMILES string of the molecule is CC/C=C\C/C=C\C/C=C\C/C=C\C/C=C\C/C=C\CCCCCCCCCCC(=O)OCC(COC(=O)CCCCCCC)OC(=O)CCCCCCCCCCCCCCCCCCCCCCCCC. The quantitative estimate of drug-likeness (QED) is 0.0261. The first-order valence-electron chi connectivity index (χ1n) is 31.4. The molecule has 0 N–H and O–H groups in total. The first kappa shape index (κ1) is 69.8. The van der Waals surface area contributed by atoms with E-state index in [-0.39, 0.29) is 31.1 Å². The summed E-state index contributed by atoms with van der Waals surface area (Å²) in [6, 6.07) is 0. The van der Waals surface area contributed by atoms with Gasteiger partial charge in [0.1, 0.15) is 13.2 Å². The van der Waals surface area contributed by atoms with Gasteiger partial charge in [0, 0.05) is 19.3 Å². The van der Waals surface area contributed by atoms with Crippen LogP contribution in [0.2, 0.25) is 0 Å². The van der Waals surface area contributed by atoms with E-state index in [0.29, 0.717) is 19.3 Å². The maximum Gasteiger partial charge on any atom is 0.306 e. The predicted octanol–water partition coefficient (Wildman–Crippen LogP) is 21.3. The molecule has 0 fully saturated rings. The first-order chi connectivity index (χ1) is 36.0.